The van der Waals surface area contributed by atoms with Crippen LogP contribution in [0.3, 0.4) is 0 Å². The molecular weight excluding hydrogens is 386 g/mol. The van der Waals surface area contributed by atoms with Crippen molar-refractivity contribution in [2.75, 3.05) is 5.73 Å². The van der Waals surface area contributed by atoms with Crippen molar-refractivity contribution in [3.8, 4) is 11.1 Å². The highest BCUT2D eigenvalue weighted by Crippen LogP contribution is 2.53. The SMILES string of the molecule is CC1(C)c2cc(C3=CC=CCC3)ccc2-c2ccc3cc(N)c4cccc5cc1c2c3c54. The van der Waals surface area contributed by atoms with Crippen molar-refractivity contribution in [3.05, 3.63) is 95.6 Å². The smallest absolute Gasteiger partial charge is 0.0400 e. The van der Waals surface area contributed by atoms with Crippen LogP contribution in [0.25, 0.3) is 49.0 Å². The molecule has 154 valence electrons. The Labute approximate surface area is 188 Å². The van der Waals surface area contributed by atoms with E-state index >= 15 is 0 Å². The second kappa shape index (κ2) is 6.01. The lowest BCUT2D eigenvalue weighted by Gasteiger charge is -2.36. The van der Waals surface area contributed by atoms with E-state index in [-0.39, 0.29) is 5.41 Å². The third kappa shape index (κ3) is 2.18. The molecule has 32 heavy (non-hydrogen) atoms. The van der Waals surface area contributed by atoms with Gasteiger partial charge in [0.05, 0.1) is 0 Å². The second-order valence-corrected chi connectivity index (χ2v) is 9.92. The molecule has 1 nitrogen and oxygen atoms in total. The van der Waals surface area contributed by atoms with Crippen LogP contribution in [0.5, 0.6) is 0 Å². The van der Waals surface area contributed by atoms with Crippen LogP contribution in [0.4, 0.5) is 5.69 Å². The number of fused-ring (bicyclic) bond motifs is 2. The summed E-state index contributed by atoms with van der Waals surface area (Å²) in [6.45, 7) is 4.78. The number of rotatable bonds is 1. The van der Waals surface area contributed by atoms with Crippen molar-refractivity contribution in [1.29, 1.82) is 0 Å². The van der Waals surface area contributed by atoms with E-state index < -0.39 is 0 Å². The number of hydrogen-bond donors (Lipinski definition) is 1. The van der Waals surface area contributed by atoms with Crippen LogP contribution in [0, 0.1) is 0 Å². The summed E-state index contributed by atoms with van der Waals surface area (Å²) in [7, 11) is 0. The molecule has 0 aliphatic heterocycles. The normalized spacial score (nSPS) is 16.6. The van der Waals surface area contributed by atoms with Crippen LogP contribution in [-0.4, -0.2) is 0 Å². The molecule has 2 N–H and O–H groups in total. The highest BCUT2D eigenvalue weighted by molar-refractivity contribution is 6.29. The molecule has 7 rings (SSSR count). The van der Waals surface area contributed by atoms with E-state index in [1.165, 1.54) is 60.3 Å². The predicted molar refractivity (Wildman–Crippen MR) is 138 cm³/mol. The molecule has 0 radical (unpaired) electrons. The van der Waals surface area contributed by atoms with E-state index in [1.54, 1.807) is 0 Å². The van der Waals surface area contributed by atoms with Gasteiger partial charge in [-0.15, -0.1) is 0 Å². The van der Waals surface area contributed by atoms with Gasteiger partial charge in [0.2, 0.25) is 0 Å². The number of anilines is 1. The molecule has 0 aromatic heterocycles. The van der Waals surface area contributed by atoms with Crippen LogP contribution in [-0.2, 0) is 5.41 Å². The molecule has 0 saturated carbocycles. The van der Waals surface area contributed by atoms with Crippen molar-refractivity contribution in [2.45, 2.75) is 32.1 Å². The summed E-state index contributed by atoms with van der Waals surface area (Å²) in [6, 6.07) is 22.8. The van der Waals surface area contributed by atoms with E-state index in [4.69, 9.17) is 5.73 Å². The third-order valence-corrected chi connectivity index (χ3v) is 7.82. The number of allylic oxidation sites excluding steroid dienone is 4. The first-order valence-electron chi connectivity index (χ1n) is 11.6. The van der Waals surface area contributed by atoms with Crippen LogP contribution >= 0.6 is 0 Å². The van der Waals surface area contributed by atoms with Crippen molar-refractivity contribution >= 4 is 43.6 Å². The molecule has 0 saturated heterocycles. The van der Waals surface area contributed by atoms with Crippen LogP contribution in [0.2, 0.25) is 0 Å². The molecule has 0 bridgehead atoms. The molecule has 0 heterocycles. The predicted octanol–water partition coefficient (Wildman–Crippen LogP) is 8.21. The molecule has 5 aromatic rings. The van der Waals surface area contributed by atoms with Crippen molar-refractivity contribution in [2.24, 2.45) is 0 Å². The lowest BCUT2D eigenvalue weighted by atomic mass is 9.66. The maximum atomic E-state index is 6.47. The molecule has 0 unspecified atom stereocenters. The van der Waals surface area contributed by atoms with Gasteiger partial charge in [-0.1, -0.05) is 74.5 Å². The summed E-state index contributed by atoms with van der Waals surface area (Å²) in [4.78, 5) is 0. The molecule has 2 aliphatic carbocycles. The van der Waals surface area contributed by atoms with E-state index in [1.807, 2.05) is 0 Å². The van der Waals surface area contributed by atoms with Gasteiger partial charge in [0.1, 0.15) is 0 Å². The monoisotopic (exact) mass is 411 g/mol. The molecule has 1 heteroatoms. The molecule has 2 aliphatic rings. The summed E-state index contributed by atoms with van der Waals surface area (Å²) in [5.74, 6) is 0. The van der Waals surface area contributed by atoms with E-state index in [9.17, 15) is 0 Å². The third-order valence-electron chi connectivity index (χ3n) is 7.82. The highest BCUT2D eigenvalue weighted by Gasteiger charge is 2.35. The largest absolute Gasteiger partial charge is 0.398 e. The van der Waals surface area contributed by atoms with E-state index in [2.05, 4.69) is 92.7 Å². The summed E-state index contributed by atoms with van der Waals surface area (Å²) in [5, 5.41) is 7.75. The molecule has 0 amide bonds. The van der Waals surface area contributed by atoms with Crippen molar-refractivity contribution in [1.82, 2.24) is 0 Å². The van der Waals surface area contributed by atoms with Crippen LogP contribution < -0.4 is 5.73 Å². The fourth-order valence-electron chi connectivity index (χ4n) is 6.17. The number of nitrogen functional groups attached to an aromatic ring is 1. The fourth-order valence-corrected chi connectivity index (χ4v) is 6.17. The van der Waals surface area contributed by atoms with Gasteiger partial charge < -0.3 is 5.73 Å². The summed E-state index contributed by atoms with van der Waals surface area (Å²) in [6.07, 6.45) is 8.97. The Hall–Kier alpha value is -3.58. The first kappa shape index (κ1) is 18.0. The van der Waals surface area contributed by atoms with Crippen LogP contribution in [0.1, 0.15) is 43.4 Å². The lowest BCUT2D eigenvalue weighted by Crippen LogP contribution is -2.24. The van der Waals surface area contributed by atoms with Crippen molar-refractivity contribution < 1.29 is 0 Å². The Morgan fingerprint density at radius 1 is 0.781 bits per heavy atom. The summed E-state index contributed by atoms with van der Waals surface area (Å²) in [5.41, 5.74) is 15.6. The maximum Gasteiger partial charge on any atom is 0.0400 e. The maximum absolute atomic E-state index is 6.47. The Balaban J connectivity index is 1.62. The standard InChI is InChI=1S/C31H25N/c1-31(2)25-15-19(18-7-4-3-5-8-18)11-13-22(25)23-14-12-21-17-27(32)24-10-6-9-20-16-26(31)30(23)29(21)28(20)24/h3-4,6-7,9-17H,5,8,32H2,1-2H3. The zero-order valence-electron chi connectivity index (χ0n) is 18.5. The van der Waals surface area contributed by atoms with E-state index in [0.29, 0.717) is 0 Å². The first-order chi connectivity index (χ1) is 15.5. The average molecular weight is 412 g/mol. The van der Waals surface area contributed by atoms with Gasteiger partial charge in [0.15, 0.2) is 0 Å². The fraction of sp³-hybridized carbons (Fsp3) is 0.161. The number of hydrogen-bond acceptors (Lipinski definition) is 1. The summed E-state index contributed by atoms with van der Waals surface area (Å²) < 4.78 is 0. The minimum atomic E-state index is -0.0844. The van der Waals surface area contributed by atoms with Gasteiger partial charge in [-0.05, 0) is 91.4 Å². The Kier molecular flexibility index (Phi) is 3.39. The van der Waals surface area contributed by atoms with Gasteiger partial charge in [0, 0.05) is 16.5 Å². The minimum Gasteiger partial charge on any atom is -0.398 e. The second-order valence-electron chi connectivity index (χ2n) is 9.92. The Morgan fingerprint density at radius 3 is 2.47 bits per heavy atom. The first-order valence-corrected chi connectivity index (χ1v) is 11.6. The number of benzene rings is 5. The van der Waals surface area contributed by atoms with Gasteiger partial charge in [-0.3, -0.25) is 0 Å². The highest BCUT2D eigenvalue weighted by atomic mass is 14.6. The van der Waals surface area contributed by atoms with Gasteiger partial charge in [-0.25, -0.2) is 0 Å². The lowest BCUT2D eigenvalue weighted by molar-refractivity contribution is 0.646. The average Bonchev–Trinajstić information content (AvgIpc) is 2.82. The molecule has 5 aromatic carbocycles. The zero-order valence-corrected chi connectivity index (χ0v) is 18.5. The molecular formula is C31H25N. The molecule has 0 fully saturated rings. The Morgan fingerprint density at radius 2 is 1.62 bits per heavy atom. The van der Waals surface area contributed by atoms with Crippen LogP contribution in [0.15, 0.2) is 78.9 Å². The molecule has 0 spiro atoms. The summed E-state index contributed by atoms with van der Waals surface area (Å²) >= 11 is 0. The Bertz CT molecular complexity index is 1650. The zero-order chi connectivity index (χ0) is 21.6. The van der Waals surface area contributed by atoms with E-state index in [0.717, 1.165) is 23.9 Å². The quantitative estimate of drug-likeness (QED) is 0.218. The van der Waals surface area contributed by atoms with Gasteiger partial charge in [-0.2, -0.15) is 0 Å². The van der Waals surface area contributed by atoms with Crippen molar-refractivity contribution in [3.63, 3.8) is 0 Å². The van der Waals surface area contributed by atoms with Gasteiger partial charge in [0.25, 0.3) is 0 Å². The topological polar surface area (TPSA) is 26.0 Å². The number of nitrogens with two attached hydrogens (primary N) is 1. The molecule has 0 atom stereocenters. The minimum absolute atomic E-state index is 0.0844. The van der Waals surface area contributed by atoms with Gasteiger partial charge >= 0.3 is 0 Å².